The number of non-ortho nitro benzene ring substituents is 1. The standard InChI is InChI=1S/C9H6N2O2S/c12-11(13)7-4-6-2-1-3-10-9(6)8(14)5-7/h1-5,14H. The van der Waals surface area contributed by atoms with Crippen molar-refractivity contribution in [1.82, 2.24) is 4.98 Å². The van der Waals surface area contributed by atoms with E-state index < -0.39 is 4.92 Å². The van der Waals surface area contributed by atoms with Crippen LogP contribution in [0.4, 0.5) is 5.69 Å². The molecule has 0 unspecified atom stereocenters. The largest absolute Gasteiger partial charge is 0.271 e. The Kier molecular flexibility index (Phi) is 2.09. The van der Waals surface area contributed by atoms with E-state index in [0.29, 0.717) is 10.4 Å². The van der Waals surface area contributed by atoms with Crippen molar-refractivity contribution in [1.29, 1.82) is 0 Å². The van der Waals surface area contributed by atoms with Crippen LogP contribution in [0.2, 0.25) is 0 Å². The average Bonchev–Trinajstić information content (AvgIpc) is 2.17. The zero-order chi connectivity index (χ0) is 10.1. The third kappa shape index (κ3) is 1.42. The number of fused-ring (bicyclic) bond motifs is 1. The number of nitro benzene ring substituents is 1. The van der Waals surface area contributed by atoms with Crippen LogP contribution in [0.25, 0.3) is 10.9 Å². The molecular formula is C9H6N2O2S. The lowest BCUT2D eigenvalue weighted by Gasteiger charge is -1.99. The van der Waals surface area contributed by atoms with E-state index in [1.165, 1.54) is 12.1 Å². The summed E-state index contributed by atoms with van der Waals surface area (Å²) in [5.74, 6) is 0. The lowest BCUT2D eigenvalue weighted by Crippen LogP contribution is -1.89. The average molecular weight is 206 g/mol. The topological polar surface area (TPSA) is 56.0 Å². The summed E-state index contributed by atoms with van der Waals surface area (Å²) in [4.78, 5) is 14.7. The van der Waals surface area contributed by atoms with Gasteiger partial charge in [0.05, 0.1) is 10.4 Å². The van der Waals surface area contributed by atoms with Gasteiger partial charge in [0.15, 0.2) is 0 Å². The molecule has 70 valence electrons. The van der Waals surface area contributed by atoms with Gasteiger partial charge >= 0.3 is 0 Å². The molecule has 0 aliphatic heterocycles. The summed E-state index contributed by atoms with van der Waals surface area (Å²) in [6, 6.07) is 6.40. The first kappa shape index (κ1) is 8.96. The zero-order valence-corrected chi connectivity index (χ0v) is 7.94. The predicted molar refractivity (Wildman–Crippen MR) is 55.6 cm³/mol. The van der Waals surface area contributed by atoms with Crippen molar-refractivity contribution in [2.24, 2.45) is 0 Å². The molecule has 1 aromatic carbocycles. The molecule has 2 aromatic rings. The Hall–Kier alpha value is -1.62. The number of thiol groups is 1. The van der Waals surface area contributed by atoms with Gasteiger partial charge in [-0.15, -0.1) is 12.6 Å². The highest BCUT2D eigenvalue weighted by Gasteiger charge is 2.09. The van der Waals surface area contributed by atoms with Gasteiger partial charge < -0.3 is 0 Å². The molecule has 0 N–H and O–H groups in total. The smallest absolute Gasteiger partial charge is 0.258 e. The molecular weight excluding hydrogens is 200 g/mol. The molecule has 14 heavy (non-hydrogen) atoms. The number of rotatable bonds is 1. The highest BCUT2D eigenvalue weighted by molar-refractivity contribution is 7.80. The van der Waals surface area contributed by atoms with Gasteiger partial charge in [-0.3, -0.25) is 15.1 Å². The van der Waals surface area contributed by atoms with Gasteiger partial charge in [-0.25, -0.2) is 0 Å². The van der Waals surface area contributed by atoms with Gasteiger partial charge in [-0.05, 0) is 6.07 Å². The van der Waals surface area contributed by atoms with E-state index in [1.807, 2.05) is 0 Å². The molecule has 0 aliphatic rings. The quantitative estimate of drug-likeness (QED) is 0.443. The summed E-state index contributed by atoms with van der Waals surface area (Å²) in [5.41, 5.74) is 0.719. The van der Waals surface area contributed by atoms with E-state index in [9.17, 15) is 10.1 Å². The summed E-state index contributed by atoms with van der Waals surface area (Å²) < 4.78 is 0. The number of pyridine rings is 1. The van der Waals surface area contributed by atoms with Crippen LogP contribution >= 0.6 is 12.6 Å². The van der Waals surface area contributed by atoms with Crippen LogP contribution in [0.1, 0.15) is 0 Å². The van der Waals surface area contributed by atoms with Crippen LogP contribution in [0, 0.1) is 10.1 Å². The minimum Gasteiger partial charge on any atom is -0.258 e. The summed E-state index contributed by atoms with van der Waals surface area (Å²) >= 11 is 4.15. The number of nitrogens with zero attached hydrogens (tertiary/aromatic N) is 2. The second-order valence-corrected chi connectivity index (χ2v) is 3.28. The predicted octanol–water partition coefficient (Wildman–Crippen LogP) is 2.43. The van der Waals surface area contributed by atoms with Gasteiger partial charge in [0.25, 0.3) is 5.69 Å². The summed E-state index contributed by atoms with van der Waals surface area (Å²) in [6.07, 6.45) is 1.63. The summed E-state index contributed by atoms with van der Waals surface area (Å²) in [5, 5.41) is 11.3. The number of benzene rings is 1. The Morgan fingerprint density at radius 1 is 1.43 bits per heavy atom. The molecule has 0 saturated heterocycles. The molecule has 1 aromatic heterocycles. The minimum atomic E-state index is -0.438. The van der Waals surface area contributed by atoms with E-state index in [2.05, 4.69) is 17.6 Å². The van der Waals surface area contributed by atoms with Gasteiger partial charge in [-0.2, -0.15) is 0 Å². The molecule has 0 saturated carbocycles. The molecule has 0 radical (unpaired) electrons. The van der Waals surface area contributed by atoms with Gasteiger partial charge in [0.1, 0.15) is 0 Å². The monoisotopic (exact) mass is 206 g/mol. The van der Waals surface area contributed by atoms with Crippen LogP contribution in [0.15, 0.2) is 35.4 Å². The molecule has 4 nitrogen and oxygen atoms in total. The second-order valence-electron chi connectivity index (χ2n) is 2.80. The fraction of sp³-hybridized carbons (Fsp3) is 0. The van der Waals surface area contributed by atoms with Crippen LogP contribution in [-0.2, 0) is 0 Å². The van der Waals surface area contributed by atoms with E-state index in [0.717, 1.165) is 5.39 Å². The third-order valence-corrected chi connectivity index (χ3v) is 2.22. The van der Waals surface area contributed by atoms with Gasteiger partial charge in [-0.1, -0.05) is 6.07 Å². The van der Waals surface area contributed by atoms with Crippen molar-refractivity contribution in [3.8, 4) is 0 Å². The maximum absolute atomic E-state index is 10.5. The van der Waals surface area contributed by atoms with Crippen LogP contribution < -0.4 is 0 Å². The fourth-order valence-corrected chi connectivity index (χ4v) is 1.58. The molecule has 0 bridgehead atoms. The molecule has 2 rings (SSSR count). The molecule has 0 fully saturated rings. The second kappa shape index (κ2) is 3.26. The number of hydrogen-bond donors (Lipinski definition) is 1. The minimum absolute atomic E-state index is 0.0375. The Labute approximate surface area is 85.1 Å². The highest BCUT2D eigenvalue weighted by Crippen LogP contribution is 2.25. The van der Waals surface area contributed by atoms with Gasteiger partial charge in [0.2, 0.25) is 0 Å². The summed E-state index contributed by atoms with van der Waals surface area (Å²) in [6.45, 7) is 0. The fourth-order valence-electron chi connectivity index (χ4n) is 1.26. The van der Waals surface area contributed by atoms with Crippen molar-refractivity contribution in [3.63, 3.8) is 0 Å². The molecule has 0 spiro atoms. The molecule has 0 atom stereocenters. The van der Waals surface area contributed by atoms with Crippen molar-refractivity contribution in [2.45, 2.75) is 4.90 Å². The lowest BCUT2D eigenvalue weighted by molar-refractivity contribution is -0.384. The SMILES string of the molecule is O=[N+]([O-])c1cc(S)c2ncccc2c1. The van der Waals surface area contributed by atoms with Crippen molar-refractivity contribution < 1.29 is 4.92 Å². The Morgan fingerprint density at radius 3 is 2.93 bits per heavy atom. The molecule has 0 aliphatic carbocycles. The van der Waals surface area contributed by atoms with Crippen LogP contribution in [0.5, 0.6) is 0 Å². The number of hydrogen-bond acceptors (Lipinski definition) is 4. The van der Waals surface area contributed by atoms with Crippen molar-refractivity contribution >= 4 is 29.2 Å². The Bertz CT molecular complexity index is 513. The third-order valence-electron chi connectivity index (χ3n) is 1.88. The van der Waals surface area contributed by atoms with E-state index >= 15 is 0 Å². The van der Waals surface area contributed by atoms with E-state index in [4.69, 9.17) is 0 Å². The van der Waals surface area contributed by atoms with Crippen LogP contribution in [-0.4, -0.2) is 9.91 Å². The zero-order valence-electron chi connectivity index (χ0n) is 7.04. The first-order chi connectivity index (χ1) is 6.68. The van der Waals surface area contributed by atoms with Gasteiger partial charge in [0, 0.05) is 28.6 Å². The number of nitro groups is 1. The molecule has 0 amide bonds. The van der Waals surface area contributed by atoms with E-state index in [-0.39, 0.29) is 5.69 Å². The van der Waals surface area contributed by atoms with Crippen LogP contribution in [0.3, 0.4) is 0 Å². The normalized spacial score (nSPS) is 10.4. The maximum atomic E-state index is 10.5. The highest BCUT2D eigenvalue weighted by atomic mass is 32.1. The first-order valence-corrected chi connectivity index (χ1v) is 4.35. The first-order valence-electron chi connectivity index (χ1n) is 3.90. The van der Waals surface area contributed by atoms with Crippen molar-refractivity contribution in [3.05, 3.63) is 40.6 Å². The maximum Gasteiger partial charge on any atom is 0.271 e. The van der Waals surface area contributed by atoms with Crippen molar-refractivity contribution in [2.75, 3.05) is 0 Å². The van der Waals surface area contributed by atoms with E-state index in [1.54, 1.807) is 18.3 Å². The Balaban J connectivity index is 2.78. The molecule has 5 heteroatoms. The lowest BCUT2D eigenvalue weighted by atomic mass is 10.2. The molecule has 1 heterocycles. The Morgan fingerprint density at radius 2 is 2.21 bits per heavy atom. The number of aromatic nitrogens is 1. The summed E-state index contributed by atoms with van der Waals surface area (Å²) in [7, 11) is 0.